The summed E-state index contributed by atoms with van der Waals surface area (Å²) in [5.74, 6) is -0.740. The van der Waals surface area contributed by atoms with E-state index < -0.39 is 11.4 Å². The fraction of sp³-hybridized carbons (Fsp3) is 0.545. The van der Waals surface area contributed by atoms with Crippen LogP contribution < -0.4 is 16.4 Å². The molecule has 9 nitrogen and oxygen atoms in total. The van der Waals surface area contributed by atoms with Gasteiger partial charge in [-0.3, -0.25) is 30.1 Å². The van der Waals surface area contributed by atoms with Crippen molar-refractivity contribution in [1.29, 1.82) is 0 Å². The van der Waals surface area contributed by atoms with Crippen LogP contribution in [0.2, 0.25) is 0 Å². The summed E-state index contributed by atoms with van der Waals surface area (Å²) in [6, 6.07) is 6.90. The van der Waals surface area contributed by atoms with Crippen molar-refractivity contribution in [2.24, 2.45) is 0 Å². The Bertz CT molecular complexity index is 1020. The van der Waals surface area contributed by atoms with Crippen LogP contribution in [0.4, 0.5) is 0 Å². The van der Waals surface area contributed by atoms with Crippen LogP contribution in [-0.2, 0) is 16.1 Å². The number of nitrogens with zero attached hydrogens (tertiary/aromatic N) is 3. The zero-order valence-corrected chi connectivity index (χ0v) is 17.9. The van der Waals surface area contributed by atoms with Gasteiger partial charge in [-0.2, -0.15) is 5.10 Å². The number of hydrazine groups is 1. The van der Waals surface area contributed by atoms with Gasteiger partial charge in [-0.05, 0) is 25.3 Å². The van der Waals surface area contributed by atoms with Gasteiger partial charge >= 0.3 is 0 Å². The van der Waals surface area contributed by atoms with E-state index in [9.17, 15) is 14.4 Å². The molecule has 4 rings (SSSR count). The van der Waals surface area contributed by atoms with Crippen molar-refractivity contribution in [3.05, 3.63) is 40.3 Å². The van der Waals surface area contributed by atoms with Crippen LogP contribution in [-0.4, -0.2) is 58.3 Å². The fourth-order valence-electron chi connectivity index (χ4n) is 4.69. The van der Waals surface area contributed by atoms with Crippen LogP contribution in [0.3, 0.4) is 0 Å². The lowest BCUT2D eigenvalue weighted by atomic mass is 9.93. The van der Waals surface area contributed by atoms with Gasteiger partial charge in [0.1, 0.15) is 5.54 Å². The molecule has 0 atom stereocenters. The molecule has 1 saturated carbocycles. The molecule has 2 aromatic rings. The lowest BCUT2D eigenvalue weighted by molar-refractivity contribution is -0.137. The van der Waals surface area contributed by atoms with Gasteiger partial charge in [0.05, 0.1) is 18.6 Å². The topological polar surface area (TPSA) is 106 Å². The Balaban J connectivity index is 1.56. The molecule has 31 heavy (non-hydrogen) atoms. The summed E-state index contributed by atoms with van der Waals surface area (Å²) in [5, 5.41) is 5.19. The third kappa shape index (κ3) is 4.07. The first-order valence-corrected chi connectivity index (χ1v) is 11.0. The largest absolute Gasteiger partial charge is 0.379 e. The van der Waals surface area contributed by atoms with E-state index >= 15 is 0 Å². The first kappa shape index (κ1) is 21.5. The highest BCUT2D eigenvalue weighted by Crippen LogP contribution is 2.36. The molecular weight excluding hydrogens is 398 g/mol. The van der Waals surface area contributed by atoms with Gasteiger partial charge in [-0.1, -0.05) is 38.0 Å². The molecule has 2 amide bonds. The number of morpholine rings is 1. The van der Waals surface area contributed by atoms with Crippen LogP contribution in [0.1, 0.15) is 49.5 Å². The molecule has 2 aliphatic rings. The Morgan fingerprint density at radius 2 is 1.77 bits per heavy atom. The summed E-state index contributed by atoms with van der Waals surface area (Å²) in [4.78, 5) is 41.0. The molecule has 0 radical (unpaired) electrons. The van der Waals surface area contributed by atoms with Gasteiger partial charge in [-0.25, -0.2) is 4.68 Å². The summed E-state index contributed by atoms with van der Waals surface area (Å²) >= 11 is 0. The van der Waals surface area contributed by atoms with Crippen molar-refractivity contribution in [2.75, 3.05) is 26.3 Å². The Kier molecular flexibility index (Phi) is 6.33. The van der Waals surface area contributed by atoms with E-state index in [4.69, 9.17) is 4.74 Å². The quantitative estimate of drug-likeness (QED) is 0.695. The van der Waals surface area contributed by atoms with Gasteiger partial charge in [0.25, 0.3) is 17.4 Å². The predicted octanol–water partition coefficient (Wildman–Crippen LogP) is 1.21. The van der Waals surface area contributed by atoms with E-state index in [1.165, 1.54) is 4.68 Å². The lowest BCUT2D eigenvalue weighted by Gasteiger charge is -2.41. The molecule has 2 fully saturated rings. The zero-order chi connectivity index (χ0) is 21.8. The number of carbonyl (C=O) groups is 2. The first-order valence-electron chi connectivity index (χ1n) is 11.0. The summed E-state index contributed by atoms with van der Waals surface area (Å²) in [6.07, 6.45) is 4.19. The predicted molar refractivity (Wildman–Crippen MR) is 115 cm³/mol. The van der Waals surface area contributed by atoms with Crippen molar-refractivity contribution in [3.63, 3.8) is 0 Å². The summed E-state index contributed by atoms with van der Waals surface area (Å²) < 4.78 is 6.75. The average Bonchev–Trinajstić information content (AvgIpc) is 3.31. The first-order chi connectivity index (χ1) is 15.1. The van der Waals surface area contributed by atoms with Crippen molar-refractivity contribution in [1.82, 2.24) is 25.5 Å². The minimum Gasteiger partial charge on any atom is -0.379 e. The summed E-state index contributed by atoms with van der Waals surface area (Å²) in [6.45, 7) is 4.98. The maximum atomic E-state index is 13.2. The molecule has 1 aliphatic carbocycles. The molecule has 9 heteroatoms. The number of ether oxygens (including phenoxy) is 1. The number of benzene rings is 1. The highest BCUT2D eigenvalue weighted by Gasteiger charge is 2.46. The van der Waals surface area contributed by atoms with Gasteiger partial charge in [0.2, 0.25) is 0 Å². The molecule has 1 saturated heterocycles. The third-order valence-corrected chi connectivity index (χ3v) is 6.28. The minimum absolute atomic E-state index is 0.121. The standard InChI is InChI=1S/C22H29N5O4/c1-2-11-27-20(29)17-8-4-3-7-16(17)18(25-27)19(28)23-24-21(30)22(9-5-6-10-22)26-12-14-31-15-13-26/h3-4,7-8H,2,5-6,9-15H2,1H3,(H,23,28)(H,24,30). The van der Waals surface area contributed by atoms with E-state index in [0.717, 1.165) is 25.7 Å². The lowest BCUT2D eigenvalue weighted by Crippen LogP contribution is -2.62. The molecule has 1 aromatic heterocycles. The van der Waals surface area contributed by atoms with Gasteiger partial charge < -0.3 is 4.74 Å². The third-order valence-electron chi connectivity index (χ3n) is 6.28. The van der Waals surface area contributed by atoms with Crippen LogP contribution in [0.15, 0.2) is 29.1 Å². The zero-order valence-electron chi connectivity index (χ0n) is 17.9. The second-order valence-electron chi connectivity index (χ2n) is 8.17. The highest BCUT2D eigenvalue weighted by atomic mass is 16.5. The number of rotatable bonds is 5. The number of amides is 2. The van der Waals surface area contributed by atoms with E-state index in [1.807, 2.05) is 6.92 Å². The monoisotopic (exact) mass is 427 g/mol. The van der Waals surface area contributed by atoms with E-state index in [-0.39, 0.29) is 17.2 Å². The molecule has 166 valence electrons. The van der Waals surface area contributed by atoms with Crippen LogP contribution in [0.25, 0.3) is 10.8 Å². The Hall–Kier alpha value is -2.78. The second-order valence-corrected chi connectivity index (χ2v) is 8.17. The van der Waals surface area contributed by atoms with E-state index in [2.05, 4.69) is 20.9 Å². The highest BCUT2D eigenvalue weighted by molar-refractivity contribution is 6.05. The number of fused-ring (bicyclic) bond motifs is 1. The fourth-order valence-corrected chi connectivity index (χ4v) is 4.69. The smallest absolute Gasteiger partial charge is 0.290 e. The van der Waals surface area contributed by atoms with E-state index in [1.54, 1.807) is 24.3 Å². The SMILES string of the molecule is CCCn1nc(C(=O)NNC(=O)C2(N3CCOCC3)CCCC2)c2ccccc2c1=O. The van der Waals surface area contributed by atoms with Crippen molar-refractivity contribution in [3.8, 4) is 0 Å². The number of carbonyl (C=O) groups excluding carboxylic acids is 2. The second kappa shape index (κ2) is 9.15. The Morgan fingerprint density at radius 1 is 1.10 bits per heavy atom. The molecule has 1 aromatic carbocycles. The molecule has 1 aliphatic heterocycles. The average molecular weight is 428 g/mol. The Morgan fingerprint density at radius 3 is 2.45 bits per heavy atom. The van der Waals surface area contributed by atoms with E-state index in [0.29, 0.717) is 50.0 Å². The number of hydrogen-bond acceptors (Lipinski definition) is 6. The van der Waals surface area contributed by atoms with Gasteiger partial charge in [0, 0.05) is 25.0 Å². The number of aromatic nitrogens is 2. The van der Waals surface area contributed by atoms with Gasteiger partial charge in [0.15, 0.2) is 5.69 Å². The maximum Gasteiger partial charge on any atom is 0.290 e. The molecule has 2 heterocycles. The maximum absolute atomic E-state index is 13.2. The van der Waals surface area contributed by atoms with Crippen molar-refractivity contribution >= 4 is 22.6 Å². The normalized spacial score (nSPS) is 18.7. The molecule has 0 bridgehead atoms. The van der Waals surface area contributed by atoms with Crippen LogP contribution in [0, 0.1) is 0 Å². The van der Waals surface area contributed by atoms with Crippen LogP contribution >= 0.6 is 0 Å². The minimum atomic E-state index is -0.618. The summed E-state index contributed by atoms with van der Waals surface area (Å²) in [5.41, 5.74) is 4.47. The molecule has 2 N–H and O–H groups in total. The molecule has 0 unspecified atom stereocenters. The van der Waals surface area contributed by atoms with Gasteiger partial charge in [-0.15, -0.1) is 0 Å². The Labute approximate surface area is 180 Å². The molecule has 0 spiro atoms. The number of aryl methyl sites for hydroxylation is 1. The molecular formula is C22H29N5O4. The van der Waals surface area contributed by atoms with Crippen molar-refractivity contribution < 1.29 is 14.3 Å². The number of nitrogens with one attached hydrogen (secondary N) is 2. The van der Waals surface area contributed by atoms with Crippen LogP contribution in [0.5, 0.6) is 0 Å². The van der Waals surface area contributed by atoms with Crippen molar-refractivity contribution in [2.45, 2.75) is 51.1 Å². The number of hydrogen-bond donors (Lipinski definition) is 2. The summed E-state index contributed by atoms with van der Waals surface area (Å²) in [7, 11) is 0.